The smallest absolute Gasteiger partial charge is 0.247 e. The van der Waals surface area contributed by atoms with Gasteiger partial charge in [-0.3, -0.25) is 0 Å². The average molecular weight is 285 g/mol. The van der Waals surface area contributed by atoms with E-state index in [4.69, 9.17) is 4.42 Å². The number of hydrogen-bond donors (Lipinski definition) is 1. The molecule has 0 radical (unpaired) electrons. The van der Waals surface area contributed by atoms with E-state index < -0.39 is 0 Å². The molecule has 1 heterocycles. The van der Waals surface area contributed by atoms with E-state index in [2.05, 4.69) is 22.4 Å². The van der Waals surface area contributed by atoms with Crippen molar-refractivity contribution in [3.05, 3.63) is 36.2 Å². The van der Waals surface area contributed by atoms with Crippen molar-refractivity contribution < 1.29 is 4.42 Å². The van der Waals surface area contributed by atoms with Gasteiger partial charge in [0.1, 0.15) is 0 Å². The number of benzene rings is 1. The zero-order valence-electron chi connectivity index (χ0n) is 12.6. The van der Waals surface area contributed by atoms with E-state index in [9.17, 15) is 0 Å². The second-order valence-corrected chi connectivity index (χ2v) is 6.14. The van der Waals surface area contributed by atoms with Crippen LogP contribution in [0.15, 0.2) is 34.7 Å². The van der Waals surface area contributed by atoms with Crippen molar-refractivity contribution in [1.82, 2.24) is 15.5 Å². The van der Waals surface area contributed by atoms with Crippen LogP contribution in [-0.2, 0) is 6.54 Å². The van der Waals surface area contributed by atoms with Gasteiger partial charge in [0.05, 0.1) is 6.54 Å². The summed E-state index contributed by atoms with van der Waals surface area (Å²) in [6, 6.07) is 9.89. The Bertz CT molecular complexity index is 552. The third-order valence-corrected chi connectivity index (χ3v) is 4.24. The zero-order valence-corrected chi connectivity index (χ0v) is 12.6. The van der Waals surface area contributed by atoms with Gasteiger partial charge in [-0.25, -0.2) is 0 Å². The summed E-state index contributed by atoms with van der Waals surface area (Å²) in [6.45, 7) is 4.06. The van der Waals surface area contributed by atoms with Crippen LogP contribution in [0.5, 0.6) is 0 Å². The molecule has 112 valence electrons. The third-order valence-electron chi connectivity index (χ3n) is 4.24. The number of aromatic nitrogens is 2. The highest BCUT2D eigenvalue weighted by atomic mass is 16.4. The molecule has 1 N–H and O–H groups in total. The Hall–Kier alpha value is -1.68. The van der Waals surface area contributed by atoms with Crippen molar-refractivity contribution in [2.75, 3.05) is 6.54 Å². The van der Waals surface area contributed by atoms with E-state index in [0.717, 1.165) is 23.9 Å². The average Bonchev–Trinajstić information content (AvgIpc) is 2.97. The van der Waals surface area contributed by atoms with Gasteiger partial charge in [0, 0.05) is 5.56 Å². The molecule has 0 amide bonds. The van der Waals surface area contributed by atoms with Crippen molar-refractivity contribution in [2.45, 2.75) is 39.2 Å². The van der Waals surface area contributed by atoms with E-state index in [1.807, 2.05) is 30.3 Å². The van der Waals surface area contributed by atoms with Gasteiger partial charge in [0.2, 0.25) is 11.8 Å². The van der Waals surface area contributed by atoms with Crippen LogP contribution in [0.2, 0.25) is 0 Å². The summed E-state index contributed by atoms with van der Waals surface area (Å²) in [6.07, 6.45) is 5.44. The predicted octanol–water partition coefficient (Wildman–Crippen LogP) is 3.65. The maximum Gasteiger partial charge on any atom is 0.247 e. The molecule has 2 aromatic rings. The highest BCUT2D eigenvalue weighted by Crippen LogP contribution is 2.28. The molecule has 2 unspecified atom stereocenters. The molecule has 1 aliphatic rings. The fourth-order valence-electron chi connectivity index (χ4n) is 3.15. The van der Waals surface area contributed by atoms with Gasteiger partial charge < -0.3 is 9.73 Å². The lowest BCUT2D eigenvalue weighted by Gasteiger charge is -2.26. The topological polar surface area (TPSA) is 51.0 Å². The van der Waals surface area contributed by atoms with E-state index in [-0.39, 0.29) is 0 Å². The molecular formula is C17H23N3O. The molecule has 0 saturated heterocycles. The first-order valence-corrected chi connectivity index (χ1v) is 7.90. The largest absolute Gasteiger partial charge is 0.419 e. The fraction of sp³-hybridized carbons (Fsp3) is 0.529. The van der Waals surface area contributed by atoms with Crippen LogP contribution in [0.25, 0.3) is 11.5 Å². The predicted molar refractivity (Wildman–Crippen MR) is 82.6 cm³/mol. The maximum absolute atomic E-state index is 5.70. The normalized spacial score (nSPS) is 22.3. The standard InChI is InChI=1S/C17H23N3O/c1-13-6-5-7-14(10-13)11-18-12-16-19-20-17(21-16)15-8-3-2-4-9-15/h2-4,8-9,13-14,18H,5-7,10-12H2,1H3. The van der Waals surface area contributed by atoms with E-state index >= 15 is 0 Å². The van der Waals surface area contributed by atoms with Crippen molar-refractivity contribution >= 4 is 0 Å². The monoisotopic (exact) mass is 285 g/mol. The Labute approximate surface area is 126 Å². The Morgan fingerprint density at radius 2 is 2.05 bits per heavy atom. The molecule has 4 nitrogen and oxygen atoms in total. The van der Waals surface area contributed by atoms with Crippen molar-refractivity contribution in [3.8, 4) is 11.5 Å². The quantitative estimate of drug-likeness (QED) is 0.911. The molecule has 0 bridgehead atoms. The molecule has 0 aliphatic heterocycles. The Balaban J connectivity index is 1.49. The van der Waals surface area contributed by atoms with Crippen LogP contribution < -0.4 is 5.32 Å². The first kappa shape index (κ1) is 14.3. The van der Waals surface area contributed by atoms with E-state index in [1.165, 1.54) is 25.7 Å². The summed E-state index contributed by atoms with van der Waals surface area (Å²) in [4.78, 5) is 0. The summed E-state index contributed by atoms with van der Waals surface area (Å²) < 4.78 is 5.70. The minimum Gasteiger partial charge on any atom is -0.419 e. The fourth-order valence-corrected chi connectivity index (χ4v) is 3.15. The Morgan fingerprint density at radius 1 is 1.19 bits per heavy atom. The molecule has 1 saturated carbocycles. The van der Waals surface area contributed by atoms with E-state index in [1.54, 1.807) is 0 Å². The summed E-state index contributed by atoms with van der Waals surface area (Å²) in [7, 11) is 0. The first-order chi connectivity index (χ1) is 10.3. The molecule has 0 spiro atoms. The maximum atomic E-state index is 5.70. The van der Waals surface area contributed by atoms with Crippen LogP contribution in [-0.4, -0.2) is 16.7 Å². The molecule has 1 fully saturated rings. The molecular weight excluding hydrogens is 262 g/mol. The molecule has 1 aliphatic carbocycles. The lowest BCUT2D eigenvalue weighted by atomic mass is 9.82. The number of nitrogens with zero attached hydrogens (tertiary/aromatic N) is 2. The van der Waals surface area contributed by atoms with Gasteiger partial charge in [-0.15, -0.1) is 10.2 Å². The van der Waals surface area contributed by atoms with Crippen LogP contribution in [0, 0.1) is 11.8 Å². The van der Waals surface area contributed by atoms with Gasteiger partial charge in [0.15, 0.2) is 0 Å². The van der Waals surface area contributed by atoms with Gasteiger partial charge >= 0.3 is 0 Å². The van der Waals surface area contributed by atoms with Gasteiger partial charge in [-0.2, -0.15) is 0 Å². The molecule has 1 aromatic heterocycles. The van der Waals surface area contributed by atoms with Crippen molar-refractivity contribution in [3.63, 3.8) is 0 Å². The lowest BCUT2D eigenvalue weighted by molar-refractivity contribution is 0.271. The first-order valence-electron chi connectivity index (χ1n) is 7.90. The van der Waals surface area contributed by atoms with Crippen molar-refractivity contribution in [1.29, 1.82) is 0 Å². The summed E-state index contributed by atoms with van der Waals surface area (Å²) in [5, 5.41) is 11.7. The number of nitrogens with one attached hydrogen (secondary N) is 1. The lowest BCUT2D eigenvalue weighted by Crippen LogP contribution is -2.26. The molecule has 2 atom stereocenters. The highest BCUT2D eigenvalue weighted by Gasteiger charge is 2.18. The summed E-state index contributed by atoms with van der Waals surface area (Å²) >= 11 is 0. The van der Waals surface area contributed by atoms with Gasteiger partial charge in [0.25, 0.3) is 0 Å². The van der Waals surface area contributed by atoms with Crippen LogP contribution in [0.4, 0.5) is 0 Å². The van der Waals surface area contributed by atoms with Crippen LogP contribution in [0.1, 0.15) is 38.5 Å². The SMILES string of the molecule is CC1CCCC(CNCc2nnc(-c3ccccc3)o2)C1. The number of hydrogen-bond acceptors (Lipinski definition) is 4. The zero-order chi connectivity index (χ0) is 14.5. The molecule has 1 aromatic carbocycles. The second kappa shape index (κ2) is 6.85. The van der Waals surface area contributed by atoms with E-state index in [0.29, 0.717) is 18.3 Å². The molecule has 4 heteroatoms. The molecule has 21 heavy (non-hydrogen) atoms. The summed E-state index contributed by atoms with van der Waals surface area (Å²) in [5.74, 6) is 2.93. The van der Waals surface area contributed by atoms with Crippen LogP contribution >= 0.6 is 0 Å². The third kappa shape index (κ3) is 3.91. The van der Waals surface area contributed by atoms with Gasteiger partial charge in [-0.05, 0) is 43.4 Å². The summed E-state index contributed by atoms with van der Waals surface area (Å²) in [5.41, 5.74) is 0.970. The number of rotatable bonds is 5. The van der Waals surface area contributed by atoms with Gasteiger partial charge in [-0.1, -0.05) is 38.0 Å². The molecule has 3 rings (SSSR count). The van der Waals surface area contributed by atoms with Crippen molar-refractivity contribution in [2.24, 2.45) is 11.8 Å². The Kier molecular flexibility index (Phi) is 4.65. The Morgan fingerprint density at radius 3 is 2.86 bits per heavy atom. The van der Waals surface area contributed by atoms with Crippen LogP contribution in [0.3, 0.4) is 0 Å². The second-order valence-electron chi connectivity index (χ2n) is 6.14. The minimum atomic E-state index is 0.596. The highest BCUT2D eigenvalue weighted by molar-refractivity contribution is 5.51. The minimum absolute atomic E-state index is 0.596.